The van der Waals surface area contributed by atoms with Crippen molar-refractivity contribution in [1.29, 1.82) is 0 Å². The average Bonchev–Trinajstić information content (AvgIpc) is 3.14. The van der Waals surface area contributed by atoms with Crippen molar-refractivity contribution >= 4 is 26.6 Å². The number of hydrogen-bond acceptors (Lipinski definition) is 5. The molecular formula is C24H21N3O5S. The normalized spacial score (nSPS) is 16.6. The molecule has 1 N–H and O–H groups in total. The van der Waals surface area contributed by atoms with Crippen LogP contribution < -0.4 is 0 Å². The first-order valence-electron chi connectivity index (χ1n) is 10.4. The number of benzene rings is 3. The molecule has 0 radical (unpaired) electrons. The topological polar surface area (TPSA) is 106 Å². The number of aliphatic hydroxyl groups excluding tert-OH is 1. The summed E-state index contributed by atoms with van der Waals surface area (Å²) in [7, 11) is -3.84. The van der Waals surface area contributed by atoms with Crippen molar-refractivity contribution in [2.45, 2.75) is 24.5 Å². The Balaban J connectivity index is 1.66. The average molecular weight is 464 g/mol. The van der Waals surface area contributed by atoms with E-state index in [1.165, 1.54) is 16.4 Å². The van der Waals surface area contributed by atoms with Crippen LogP contribution in [0.2, 0.25) is 0 Å². The molecule has 2 heterocycles. The monoisotopic (exact) mass is 463 g/mol. The Kier molecular flexibility index (Phi) is 5.04. The Morgan fingerprint density at radius 2 is 1.67 bits per heavy atom. The highest BCUT2D eigenvalue weighted by Crippen LogP contribution is 2.39. The van der Waals surface area contributed by atoms with Crippen LogP contribution in [0.3, 0.4) is 0 Å². The molecule has 0 spiro atoms. The number of fused-ring (bicyclic) bond motifs is 3. The molecule has 3 aromatic carbocycles. The van der Waals surface area contributed by atoms with Gasteiger partial charge in [-0.2, -0.15) is 4.31 Å². The molecule has 168 valence electrons. The summed E-state index contributed by atoms with van der Waals surface area (Å²) in [6, 6.07) is 20.2. The lowest BCUT2D eigenvalue weighted by Gasteiger charge is -2.31. The van der Waals surface area contributed by atoms with Gasteiger partial charge in [0, 0.05) is 41.0 Å². The third kappa shape index (κ3) is 3.50. The van der Waals surface area contributed by atoms with Gasteiger partial charge in [0.05, 0.1) is 28.0 Å². The van der Waals surface area contributed by atoms with E-state index >= 15 is 0 Å². The van der Waals surface area contributed by atoms with Gasteiger partial charge in [-0.15, -0.1) is 0 Å². The fourth-order valence-corrected chi connectivity index (χ4v) is 5.83. The number of aryl methyl sites for hydroxylation is 1. The molecule has 1 aliphatic rings. The fraction of sp³-hybridized carbons (Fsp3) is 0.167. The molecule has 0 saturated carbocycles. The van der Waals surface area contributed by atoms with Gasteiger partial charge in [-0.1, -0.05) is 35.9 Å². The van der Waals surface area contributed by atoms with E-state index in [0.717, 1.165) is 16.5 Å². The zero-order valence-corrected chi connectivity index (χ0v) is 18.6. The second kappa shape index (κ2) is 7.80. The first kappa shape index (κ1) is 21.3. The van der Waals surface area contributed by atoms with Crippen molar-refractivity contribution in [2.24, 2.45) is 0 Å². The maximum atomic E-state index is 13.4. The van der Waals surface area contributed by atoms with E-state index < -0.39 is 21.1 Å². The van der Waals surface area contributed by atoms with E-state index in [1.54, 1.807) is 36.4 Å². The molecule has 8 nitrogen and oxygen atoms in total. The summed E-state index contributed by atoms with van der Waals surface area (Å²) >= 11 is 0. The Bertz CT molecular complexity index is 1480. The van der Waals surface area contributed by atoms with E-state index in [2.05, 4.69) is 0 Å². The minimum Gasteiger partial charge on any atom is -0.387 e. The predicted molar refractivity (Wildman–Crippen MR) is 124 cm³/mol. The number of β-amino-alcohol motifs (C(OH)–C–C–N with tert-alkyl or cyclic N) is 1. The van der Waals surface area contributed by atoms with Crippen molar-refractivity contribution in [3.8, 4) is 5.69 Å². The van der Waals surface area contributed by atoms with Crippen LogP contribution in [-0.2, 0) is 16.6 Å². The summed E-state index contributed by atoms with van der Waals surface area (Å²) in [6.07, 6.45) is -1.02. The smallest absolute Gasteiger partial charge is 0.269 e. The van der Waals surface area contributed by atoms with Crippen molar-refractivity contribution in [3.63, 3.8) is 0 Å². The number of aliphatic hydroxyl groups is 1. The number of sulfonamides is 1. The molecule has 1 aromatic heterocycles. The molecule has 4 aromatic rings. The van der Waals surface area contributed by atoms with E-state index in [4.69, 9.17) is 0 Å². The highest BCUT2D eigenvalue weighted by Gasteiger charge is 2.36. The van der Waals surface area contributed by atoms with Gasteiger partial charge in [-0.25, -0.2) is 8.42 Å². The van der Waals surface area contributed by atoms with E-state index in [0.29, 0.717) is 16.9 Å². The number of nitro groups is 1. The number of para-hydroxylation sites is 1. The Labute approximate surface area is 190 Å². The molecule has 0 aliphatic carbocycles. The SMILES string of the molecule is Cc1ccc(S(=O)(=O)N2Cc3c(c4ccccc4n3-c3ccc([N+](=O)[O-])cc3)C(O)C2)cc1. The molecular weight excluding hydrogens is 442 g/mol. The summed E-state index contributed by atoms with van der Waals surface area (Å²) in [6.45, 7) is 1.89. The number of rotatable bonds is 4. The molecule has 1 aliphatic heterocycles. The molecule has 0 amide bonds. The number of non-ortho nitro benzene ring substituents is 1. The lowest BCUT2D eigenvalue weighted by molar-refractivity contribution is -0.384. The quantitative estimate of drug-likeness (QED) is 0.363. The van der Waals surface area contributed by atoms with E-state index in [1.807, 2.05) is 35.8 Å². The van der Waals surface area contributed by atoms with Gasteiger partial charge in [-0.3, -0.25) is 10.1 Å². The van der Waals surface area contributed by atoms with Crippen LogP contribution in [0.4, 0.5) is 5.69 Å². The van der Waals surface area contributed by atoms with Crippen LogP contribution in [0.5, 0.6) is 0 Å². The highest BCUT2D eigenvalue weighted by molar-refractivity contribution is 7.89. The lowest BCUT2D eigenvalue weighted by Crippen LogP contribution is -2.38. The van der Waals surface area contributed by atoms with Gasteiger partial charge in [0.2, 0.25) is 10.0 Å². The number of nitro benzene ring substituents is 1. The number of aromatic nitrogens is 1. The molecule has 0 saturated heterocycles. The lowest BCUT2D eigenvalue weighted by atomic mass is 10.0. The van der Waals surface area contributed by atoms with Gasteiger partial charge < -0.3 is 9.67 Å². The van der Waals surface area contributed by atoms with Crippen molar-refractivity contribution in [2.75, 3.05) is 6.54 Å². The van der Waals surface area contributed by atoms with Gasteiger partial charge in [0.1, 0.15) is 0 Å². The van der Waals surface area contributed by atoms with Gasteiger partial charge in [-0.05, 0) is 37.3 Å². The van der Waals surface area contributed by atoms with E-state index in [-0.39, 0.29) is 23.7 Å². The first-order valence-corrected chi connectivity index (χ1v) is 11.8. The summed E-state index contributed by atoms with van der Waals surface area (Å²) < 4.78 is 29.9. The van der Waals surface area contributed by atoms with Crippen molar-refractivity contribution < 1.29 is 18.4 Å². The van der Waals surface area contributed by atoms with Crippen molar-refractivity contribution in [3.05, 3.63) is 99.7 Å². The number of nitrogens with zero attached hydrogens (tertiary/aromatic N) is 3. The van der Waals surface area contributed by atoms with Crippen molar-refractivity contribution in [1.82, 2.24) is 8.87 Å². The third-order valence-electron chi connectivity index (χ3n) is 6.03. The van der Waals surface area contributed by atoms with Crippen LogP contribution in [0.25, 0.3) is 16.6 Å². The predicted octanol–water partition coefficient (Wildman–Crippen LogP) is 4.09. The molecule has 5 rings (SSSR count). The molecule has 1 unspecified atom stereocenters. The third-order valence-corrected chi connectivity index (χ3v) is 7.86. The first-order chi connectivity index (χ1) is 15.8. The Morgan fingerprint density at radius 3 is 2.33 bits per heavy atom. The zero-order chi connectivity index (χ0) is 23.3. The highest BCUT2D eigenvalue weighted by atomic mass is 32.2. The molecule has 0 fully saturated rings. The van der Waals surface area contributed by atoms with Crippen LogP contribution in [0.15, 0.2) is 77.7 Å². The van der Waals surface area contributed by atoms with E-state index in [9.17, 15) is 23.6 Å². The largest absolute Gasteiger partial charge is 0.387 e. The van der Waals surface area contributed by atoms with Crippen LogP contribution in [0, 0.1) is 17.0 Å². The standard InChI is InChI=1S/C24H21N3O5S/c1-16-6-12-19(13-7-16)33(31,32)25-14-22-24(23(28)15-25)20-4-2-3-5-21(20)26(22)17-8-10-18(11-9-17)27(29)30/h2-13,23,28H,14-15H2,1H3. The fourth-order valence-electron chi connectivity index (χ4n) is 4.42. The van der Waals surface area contributed by atoms with Crippen LogP contribution in [-0.4, -0.2) is 33.9 Å². The summed E-state index contributed by atoms with van der Waals surface area (Å²) in [4.78, 5) is 10.8. The van der Waals surface area contributed by atoms with Crippen LogP contribution in [0.1, 0.15) is 22.9 Å². The second-order valence-corrected chi connectivity index (χ2v) is 10.1. The maximum Gasteiger partial charge on any atom is 0.269 e. The van der Waals surface area contributed by atoms with Gasteiger partial charge in [0.25, 0.3) is 5.69 Å². The summed E-state index contributed by atoms with van der Waals surface area (Å²) in [5, 5.41) is 23.0. The molecule has 1 atom stereocenters. The number of hydrogen-bond donors (Lipinski definition) is 1. The molecule has 33 heavy (non-hydrogen) atoms. The Morgan fingerprint density at radius 1 is 1.00 bits per heavy atom. The maximum absolute atomic E-state index is 13.4. The summed E-state index contributed by atoms with van der Waals surface area (Å²) in [5.74, 6) is 0. The minimum atomic E-state index is -3.84. The van der Waals surface area contributed by atoms with Crippen LogP contribution >= 0.6 is 0 Å². The summed E-state index contributed by atoms with van der Waals surface area (Å²) in [5.41, 5.74) is 3.68. The molecule has 9 heteroatoms. The zero-order valence-electron chi connectivity index (χ0n) is 17.7. The molecule has 0 bridgehead atoms. The van der Waals surface area contributed by atoms with Gasteiger partial charge >= 0.3 is 0 Å². The van der Waals surface area contributed by atoms with Gasteiger partial charge in [0.15, 0.2) is 0 Å². The Hall–Kier alpha value is -3.53. The second-order valence-electron chi connectivity index (χ2n) is 8.11. The minimum absolute atomic E-state index is 0.0345.